The Bertz CT molecular complexity index is 1880. The van der Waals surface area contributed by atoms with Crippen LogP contribution in [-0.2, 0) is 20.9 Å². The number of fused-ring (bicyclic) bond motifs is 2. The summed E-state index contributed by atoms with van der Waals surface area (Å²) in [7, 11) is 0. The number of piperazine rings is 1. The summed E-state index contributed by atoms with van der Waals surface area (Å²) >= 11 is 1.75. The van der Waals surface area contributed by atoms with Gasteiger partial charge in [0, 0.05) is 74.5 Å². The lowest BCUT2D eigenvalue weighted by atomic mass is 10.1. The summed E-state index contributed by atoms with van der Waals surface area (Å²) in [5, 5.41) is 8.28. The Morgan fingerprint density at radius 1 is 0.978 bits per heavy atom. The highest BCUT2D eigenvalue weighted by Gasteiger charge is 2.24. The second-order valence-corrected chi connectivity index (χ2v) is 13.0. The van der Waals surface area contributed by atoms with Gasteiger partial charge >= 0.3 is 0 Å². The number of benzene rings is 2. The van der Waals surface area contributed by atoms with Gasteiger partial charge < -0.3 is 14.5 Å². The van der Waals surface area contributed by atoms with Gasteiger partial charge in [0.05, 0.1) is 35.1 Å². The Labute approximate surface area is 271 Å². The van der Waals surface area contributed by atoms with Crippen molar-refractivity contribution in [2.45, 2.75) is 26.3 Å². The minimum atomic E-state index is -0.0264. The number of morpholine rings is 1. The summed E-state index contributed by atoms with van der Waals surface area (Å²) < 4.78 is 6.73. The standard InChI is InChI=1S/C35H37N7O3S/c1-24-5-7-25(8-6-24)9-10-26(43)11-12-32(44)41-15-13-40(14-16-41)23-27-21-31-33(46-27)35(42-17-19-45-20-18-42)38-34(37-31)28-3-2-4-30-29(28)22-36-39-30/h2-10,21-22H,11-20,23H2,1H3,(H,36,39). The third kappa shape index (κ3) is 6.72. The van der Waals surface area contributed by atoms with Crippen LogP contribution in [0.15, 0.2) is 60.8 Å². The van der Waals surface area contributed by atoms with Gasteiger partial charge in [0.15, 0.2) is 17.4 Å². The molecule has 5 heterocycles. The number of aromatic nitrogens is 4. The van der Waals surface area contributed by atoms with E-state index in [-0.39, 0.29) is 24.5 Å². The summed E-state index contributed by atoms with van der Waals surface area (Å²) in [5.41, 5.74) is 5.03. The number of anilines is 1. The number of aromatic amines is 1. The normalized spacial score (nSPS) is 16.2. The van der Waals surface area contributed by atoms with Gasteiger partial charge in [0.1, 0.15) is 0 Å². The predicted molar refractivity (Wildman–Crippen MR) is 182 cm³/mol. The summed E-state index contributed by atoms with van der Waals surface area (Å²) in [4.78, 5) is 43.3. The molecular formula is C35H37N7O3S. The number of ketones is 1. The second-order valence-electron chi connectivity index (χ2n) is 11.9. The number of nitrogens with zero attached hydrogens (tertiary/aromatic N) is 6. The Morgan fingerprint density at radius 3 is 2.59 bits per heavy atom. The number of carbonyl (C=O) groups excluding carboxylic acids is 2. The van der Waals surface area contributed by atoms with Crippen molar-refractivity contribution < 1.29 is 14.3 Å². The van der Waals surface area contributed by atoms with E-state index in [4.69, 9.17) is 14.7 Å². The summed E-state index contributed by atoms with van der Waals surface area (Å²) in [5.74, 6) is 1.67. The molecule has 7 rings (SSSR count). The van der Waals surface area contributed by atoms with Crippen molar-refractivity contribution >= 4 is 56.0 Å². The lowest BCUT2D eigenvalue weighted by Crippen LogP contribution is -2.48. The molecule has 3 aromatic heterocycles. The molecule has 11 heteroatoms. The first-order chi connectivity index (χ1) is 22.5. The zero-order chi connectivity index (χ0) is 31.5. The average molecular weight is 636 g/mol. The van der Waals surface area contributed by atoms with E-state index in [0.717, 1.165) is 70.8 Å². The van der Waals surface area contributed by atoms with Gasteiger partial charge in [-0.15, -0.1) is 11.3 Å². The van der Waals surface area contributed by atoms with E-state index >= 15 is 0 Å². The number of thiophene rings is 1. The maximum absolute atomic E-state index is 12.9. The molecule has 0 radical (unpaired) electrons. The Balaban J connectivity index is 0.999. The lowest BCUT2D eigenvalue weighted by molar-refractivity contribution is -0.134. The molecule has 10 nitrogen and oxygen atoms in total. The van der Waals surface area contributed by atoms with Crippen LogP contribution in [0, 0.1) is 6.92 Å². The first kappa shape index (κ1) is 30.2. The highest BCUT2D eigenvalue weighted by Crippen LogP contribution is 2.36. The van der Waals surface area contributed by atoms with Gasteiger partial charge in [-0.1, -0.05) is 48.0 Å². The van der Waals surface area contributed by atoms with Crippen LogP contribution in [0.2, 0.25) is 0 Å². The minimum Gasteiger partial charge on any atom is -0.378 e. The topological polar surface area (TPSA) is 108 Å². The van der Waals surface area contributed by atoms with Gasteiger partial charge in [-0.05, 0) is 30.7 Å². The number of rotatable bonds is 9. The van der Waals surface area contributed by atoms with Gasteiger partial charge in [-0.25, -0.2) is 9.97 Å². The first-order valence-corrected chi connectivity index (χ1v) is 16.7. The number of carbonyl (C=O) groups is 2. The van der Waals surface area contributed by atoms with E-state index in [1.54, 1.807) is 17.4 Å². The first-order valence-electron chi connectivity index (χ1n) is 15.8. The van der Waals surface area contributed by atoms with Crippen molar-refractivity contribution in [1.82, 2.24) is 30.0 Å². The number of nitrogens with one attached hydrogen (secondary N) is 1. The van der Waals surface area contributed by atoms with Crippen LogP contribution in [0.3, 0.4) is 0 Å². The van der Waals surface area contributed by atoms with Crippen LogP contribution in [0.1, 0.15) is 28.8 Å². The summed E-state index contributed by atoms with van der Waals surface area (Å²) in [6.07, 6.45) is 5.70. The molecule has 236 valence electrons. The third-order valence-corrected chi connectivity index (χ3v) is 9.77. The molecule has 5 aromatic rings. The fourth-order valence-electron chi connectivity index (χ4n) is 6.03. The van der Waals surface area contributed by atoms with E-state index in [0.29, 0.717) is 32.1 Å². The fourth-order valence-corrected chi connectivity index (χ4v) is 7.18. The average Bonchev–Trinajstić information content (AvgIpc) is 3.74. The summed E-state index contributed by atoms with van der Waals surface area (Å²) in [6.45, 7) is 8.66. The SMILES string of the molecule is Cc1ccc(C=CC(=O)CCC(=O)N2CCN(Cc3cc4nc(-c5cccc6[nH]ncc56)nc(N5CCOCC5)c4s3)CC2)cc1. The van der Waals surface area contributed by atoms with Crippen LogP contribution in [-0.4, -0.2) is 94.1 Å². The maximum atomic E-state index is 12.9. The van der Waals surface area contributed by atoms with Crippen LogP contribution in [0.5, 0.6) is 0 Å². The maximum Gasteiger partial charge on any atom is 0.223 e. The lowest BCUT2D eigenvalue weighted by Gasteiger charge is -2.34. The van der Waals surface area contributed by atoms with Crippen molar-refractivity contribution in [2.75, 3.05) is 57.4 Å². The van der Waals surface area contributed by atoms with E-state index in [9.17, 15) is 9.59 Å². The molecule has 2 aliphatic heterocycles. The quantitative estimate of drug-likeness (QED) is 0.224. The van der Waals surface area contributed by atoms with Gasteiger partial charge in [0.2, 0.25) is 5.91 Å². The van der Waals surface area contributed by atoms with Crippen LogP contribution in [0.4, 0.5) is 5.82 Å². The smallest absolute Gasteiger partial charge is 0.223 e. The Kier molecular flexibility index (Phi) is 8.87. The molecule has 0 atom stereocenters. The molecule has 2 aliphatic rings. The molecule has 0 spiro atoms. The van der Waals surface area contributed by atoms with Crippen molar-refractivity contribution in [3.05, 3.63) is 76.8 Å². The van der Waals surface area contributed by atoms with E-state index in [2.05, 4.69) is 26.1 Å². The highest BCUT2D eigenvalue weighted by atomic mass is 32.1. The molecule has 2 saturated heterocycles. The number of H-pyrrole nitrogens is 1. The molecule has 0 unspecified atom stereocenters. The molecule has 0 aliphatic carbocycles. The van der Waals surface area contributed by atoms with Gasteiger partial charge in [-0.3, -0.25) is 19.6 Å². The van der Waals surface area contributed by atoms with Gasteiger partial charge in [0.25, 0.3) is 0 Å². The molecule has 0 saturated carbocycles. The largest absolute Gasteiger partial charge is 0.378 e. The monoisotopic (exact) mass is 635 g/mol. The molecule has 1 N–H and O–H groups in total. The van der Waals surface area contributed by atoms with Crippen molar-refractivity contribution in [3.63, 3.8) is 0 Å². The predicted octanol–water partition coefficient (Wildman–Crippen LogP) is 5.09. The molecule has 2 fully saturated rings. The zero-order valence-electron chi connectivity index (χ0n) is 25.9. The Morgan fingerprint density at radius 2 is 1.78 bits per heavy atom. The van der Waals surface area contributed by atoms with E-state index in [1.807, 2.05) is 66.6 Å². The van der Waals surface area contributed by atoms with Crippen LogP contribution < -0.4 is 4.90 Å². The number of hydrogen-bond donors (Lipinski definition) is 1. The number of aryl methyl sites for hydroxylation is 1. The second kappa shape index (κ2) is 13.5. The summed E-state index contributed by atoms with van der Waals surface area (Å²) in [6, 6.07) is 16.3. The van der Waals surface area contributed by atoms with Crippen LogP contribution >= 0.6 is 11.3 Å². The molecule has 46 heavy (non-hydrogen) atoms. The number of amides is 1. The molecule has 2 aromatic carbocycles. The third-order valence-electron chi connectivity index (χ3n) is 8.67. The number of hydrogen-bond acceptors (Lipinski definition) is 9. The number of ether oxygens (including phenoxy) is 1. The van der Waals surface area contributed by atoms with Crippen LogP contribution in [0.25, 0.3) is 38.6 Å². The van der Waals surface area contributed by atoms with E-state index in [1.165, 1.54) is 10.4 Å². The van der Waals surface area contributed by atoms with Crippen molar-refractivity contribution in [1.29, 1.82) is 0 Å². The Hall–Kier alpha value is -4.45. The molecule has 1 amide bonds. The van der Waals surface area contributed by atoms with Gasteiger partial charge in [-0.2, -0.15) is 5.10 Å². The number of allylic oxidation sites excluding steroid dienone is 1. The van der Waals surface area contributed by atoms with E-state index < -0.39 is 0 Å². The van der Waals surface area contributed by atoms with Crippen molar-refractivity contribution in [3.8, 4) is 11.4 Å². The molecule has 0 bridgehead atoms. The zero-order valence-corrected chi connectivity index (χ0v) is 26.8. The minimum absolute atomic E-state index is 0.0264. The molecular weight excluding hydrogens is 598 g/mol. The van der Waals surface area contributed by atoms with Crippen molar-refractivity contribution in [2.24, 2.45) is 0 Å². The highest BCUT2D eigenvalue weighted by molar-refractivity contribution is 7.19. The fraction of sp³-hybridized carbons (Fsp3) is 0.343.